The van der Waals surface area contributed by atoms with Crippen LogP contribution in [0.3, 0.4) is 0 Å². The van der Waals surface area contributed by atoms with Gasteiger partial charge < -0.3 is 15.0 Å². The molecule has 3 nitrogen and oxygen atoms in total. The molecule has 0 amide bonds. The van der Waals surface area contributed by atoms with Crippen molar-refractivity contribution in [2.75, 3.05) is 25.5 Å². The Morgan fingerprint density at radius 3 is 2.50 bits per heavy atom. The summed E-state index contributed by atoms with van der Waals surface area (Å²) in [5.74, 6) is 0.762. The highest BCUT2D eigenvalue weighted by atomic mass is 16.5. The van der Waals surface area contributed by atoms with Crippen LogP contribution in [0.15, 0.2) is 43.2 Å². The Balaban J connectivity index is 2.75. The van der Waals surface area contributed by atoms with Crippen LogP contribution in [0.5, 0.6) is 0 Å². The van der Waals surface area contributed by atoms with Crippen LogP contribution in [0, 0.1) is 0 Å². The molecule has 110 valence electrons. The van der Waals surface area contributed by atoms with Crippen LogP contribution >= 0.6 is 0 Å². The fourth-order valence-corrected chi connectivity index (χ4v) is 1.90. The lowest BCUT2D eigenvalue weighted by Gasteiger charge is -2.27. The summed E-state index contributed by atoms with van der Waals surface area (Å²) in [5, 5.41) is 3.06. The summed E-state index contributed by atoms with van der Waals surface area (Å²) in [6.07, 6.45) is 0. The van der Waals surface area contributed by atoms with Crippen LogP contribution in [-0.4, -0.2) is 26.2 Å². The van der Waals surface area contributed by atoms with Gasteiger partial charge >= 0.3 is 0 Å². The monoisotopic (exact) mass is 274 g/mol. The molecule has 1 N–H and O–H groups in total. The van der Waals surface area contributed by atoms with Crippen molar-refractivity contribution in [1.82, 2.24) is 5.32 Å². The third kappa shape index (κ3) is 5.00. The van der Waals surface area contributed by atoms with Crippen molar-refractivity contribution in [2.45, 2.75) is 26.4 Å². The summed E-state index contributed by atoms with van der Waals surface area (Å²) in [5.41, 5.74) is 2.89. The number of rotatable bonds is 6. The van der Waals surface area contributed by atoms with Gasteiger partial charge in [-0.1, -0.05) is 25.3 Å². The Labute approximate surface area is 122 Å². The minimum atomic E-state index is -0.208. The van der Waals surface area contributed by atoms with Crippen LogP contribution in [0.2, 0.25) is 0 Å². The highest BCUT2D eigenvalue weighted by Crippen LogP contribution is 2.20. The third-order valence-electron chi connectivity index (χ3n) is 2.80. The number of likely N-dealkylation sites (N-methyl/N-ethyl adjacent to an activating group) is 1. The molecular weight excluding hydrogens is 248 g/mol. The topological polar surface area (TPSA) is 24.5 Å². The maximum Gasteiger partial charge on any atom is 0.109 e. The van der Waals surface area contributed by atoms with E-state index in [1.807, 2.05) is 47.0 Å². The lowest BCUT2D eigenvalue weighted by atomic mass is 10.1. The van der Waals surface area contributed by atoms with Crippen molar-refractivity contribution in [3.05, 3.63) is 48.7 Å². The van der Waals surface area contributed by atoms with E-state index in [0.29, 0.717) is 6.54 Å². The second-order valence-corrected chi connectivity index (χ2v) is 5.89. The second kappa shape index (κ2) is 6.51. The Bertz CT molecular complexity index is 486. The molecule has 0 saturated carbocycles. The van der Waals surface area contributed by atoms with E-state index in [0.717, 1.165) is 22.7 Å². The molecule has 0 radical (unpaired) electrons. The Hall–Kier alpha value is -1.90. The van der Waals surface area contributed by atoms with Gasteiger partial charge in [-0.2, -0.15) is 0 Å². The predicted molar refractivity (Wildman–Crippen MR) is 87.8 cm³/mol. The van der Waals surface area contributed by atoms with Crippen molar-refractivity contribution in [3.63, 3.8) is 0 Å². The van der Waals surface area contributed by atoms with E-state index in [4.69, 9.17) is 4.74 Å². The highest BCUT2D eigenvalue weighted by molar-refractivity contribution is 5.66. The first-order valence-electron chi connectivity index (χ1n) is 6.78. The van der Waals surface area contributed by atoms with Crippen LogP contribution in [-0.2, 0) is 4.74 Å². The van der Waals surface area contributed by atoms with Crippen molar-refractivity contribution < 1.29 is 4.74 Å². The largest absolute Gasteiger partial charge is 0.491 e. The number of benzene rings is 1. The molecule has 0 aliphatic carbocycles. The van der Waals surface area contributed by atoms with Gasteiger partial charge in [0.05, 0.1) is 6.54 Å². The third-order valence-corrected chi connectivity index (χ3v) is 2.80. The number of nitrogens with zero attached hydrogens (tertiary/aromatic N) is 1. The van der Waals surface area contributed by atoms with Gasteiger partial charge in [-0.25, -0.2) is 0 Å². The van der Waals surface area contributed by atoms with E-state index in [1.54, 1.807) is 0 Å². The van der Waals surface area contributed by atoms with Gasteiger partial charge in [-0.15, -0.1) is 0 Å². The number of anilines is 1. The number of ether oxygens (including phenoxy) is 1. The first-order chi connectivity index (χ1) is 9.23. The van der Waals surface area contributed by atoms with Crippen LogP contribution in [0.1, 0.15) is 26.3 Å². The quantitative estimate of drug-likeness (QED) is 0.802. The number of hydrogen-bond acceptors (Lipinski definition) is 3. The van der Waals surface area contributed by atoms with Gasteiger partial charge in [-0.3, -0.25) is 0 Å². The first-order valence-corrected chi connectivity index (χ1v) is 6.78. The molecule has 1 rings (SSSR count). The molecule has 0 aliphatic heterocycles. The lowest BCUT2D eigenvalue weighted by molar-refractivity contribution is 0.0518. The number of nitrogens with one attached hydrogen (secondary N) is 1. The normalized spacial score (nSPS) is 10.8. The van der Waals surface area contributed by atoms with Crippen molar-refractivity contribution in [3.8, 4) is 0 Å². The Kier molecular flexibility index (Phi) is 5.26. The van der Waals surface area contributed by atoms with Crippen LogP contribution in [0.25, 0.3) is 5.70 Å². The maximum atomic E-state index is 5.76. The summed E-state index contributed by atoms with van der Waals surface area (Å²) in [6, 6.07) is 8.23. The SMILES string of the molecule is C=C(CN(C)c1cccc(C(=C)NC)c1)OC(C)(C)C. The van der Waals surface area contributed by atoms with Gasteiger partial charge in [0.15, 0.2) is 0 Å². The summed E-state index contributed by atoms with van der Waals surface area (Å²) in [6.45, 7) is 14.7. The summed E-state index contributed by atoms with van der Waals surface area (Å²) < 4.78 is 5.76. The molecule has 0 atom stereocenters. The van der Waals surface area contributed by atoms with Gasteiger partial charge in [-0.05, 0) is 38.5 Å². The van der Waals surface area contributed by atoms with Gasteiger partial charge in [0.2, 0.25) is 0 Å². The molecule has 1 aromatic rings. The molecule has 20 heavy (non-hydrogen) atoms. The molecule has 1 aromatic carbocycles. The Morgan fingerprint density at radius 2 is 1.95 bits per heavy atom. The van der Waals surface area contributed by atoms with E-state index >= 15 is 0 Å². The molecule has 0 unspecified atom stereocenters. The lowest BCUT2D eigenvalue weighted by Crippen LogP contribution is -2.26. The van der Waals surface area contributed by atoms with E-state index in [9.17, 15) is 0 Å². The molecule has 3 heteroatoms. The fourth-order valence-electron chi connectivity index (χ4n) is 1.90. The number of hydrogen-bond donors (Lipinski definition) is 1. The molecular formula is C17H26N2O. The molecule has 0 spiro atoms. The van der Waals surface area contributed by atoms with Crippen LogP contribution in [0.4, 0.5) is 5.69 Å². The molecule has 0 aromatic heterocycles. The standard InChI is InChI=1S/C17H26N2O/c1-13(20-17(3,4)5)12-19(7)16-10-8-9-15(11-16)14(2)18-6/h8-11,18H,1-2,12H2,3-7H3. The fraction of sp³-hybridized carbons (Fsp3) is 0.412. The summed E-state index contributed by atoms with van der Waals surface area (Å²) in [4.78, 5) is 2.11. The minimum absolute atomic E-state index is 0.208. The zero-order chi connectivity index (χ0) is 15.3. The van der Waals surface area contributed by atoms with Crippen LogP contribution < -0.4 is 10.2 Å². The average Bonchev–Trinajstić information content (AvgIpc) is 2.35. The Morgan fingerprint density at radius 1 is 1.30 bits per heavy atom. The predicted octanol–water partition coefficient (Wildman–Crippen LogP) is 3.64. The summed E-state index contributed by atoms with van der Waals surface area (Å²) in [7, 11) is 3.90. The highest BCUT2D eigenvalue weighted by Gasteiger charge is 2.14. The zero-order valence-corrected chi connectivity index (χ0v) is 13.3. The summed E-state index contributed by atoms with van der Waals surface area (Å²) >= 11 is 0. The molecule has 0 heterocycles. The molecule has 0 saturated heterocycles. The van der Waals surface area contributed by atoms with Crippen molar-refractivity contribution in [1.29, 1.82) is 0 Å². The average molecular weight is 274 g/mol. The molecule has 0 aliphatic rings. The van der Waals surface area contributed by atoms with Crippen molar-refractivity contribution in [2.24, 2.45) is 0 Å². The van der Waals surface area contributed by atoms with E-state index in [-0.39, 0.29) is 5.60 Å². The minimum Gasteiger partial charge on any atom is -0.491 e. The first kappa shape index (κ1) is 16.2. The second-order valence-electron chi connectivity index (χ2n) is 5.89. The maximum absolute atomic E-state index is 5.76. The van der Waals surface area contributed by atoms with Crippen molar-refractivity contribution >= 4 is 11.4 Å². The van der Waals surface area contributed by atoms with Gasteiger partial charge in [0, 0.05) is 25.5 Å². The molecule has 0 fully saturated rings. The van der Waals surface area contributed by atoms with Gasteiger partial charge in [0.25, 0.3) is 0 Å². The molecule has 0 bridgehead atoms. The van der Waals surface area contributed by atoms with E-state index < -0.39 is 0 Å². The van der Waals surface area contributed by atoms with E-state index in [2.05, 4.69) is 35.5 Å². The van der Waals surface area contributed by atoms with E-state index in [1.165, 1.54) is 0 Å². The van der Waals surface area contributed by atoms with Gasteiger partial charge in [0.1, 0.15) is 11.4 Å². The smallest absolute Gasteiger partial charge is 0.109 e. The zero-order valence-electron chi connectivity index (χ0n) is 13.3.